The van der Waals surface area contributed by atoms with E-state index in [1.165, 1.54) is 28.8 Å². The molecule has 1 aromatic carbocycles. The van der Waals surface area contributed by atoms with E-state index in [1.807, 2.05) is 6.92 Å². The second-order valence-electron chi connectivity index (χ2n) is 4.16. The molecule has 108 valence electrons. The van der Waals surface area contributed by atoms with Gasteiger partial charge < -0.3 is 0 Å². The minimum Gasteiger partial charge on any atom is -0.293 e. The number of hydrogen-bond donors (Lipinski definition) is 0. The standard InChI is InChI=1S/C14H12N2O3S2/c1-2-15-13(17)12(21-14(15)20)8-4-6-10-5-3-7-11(9-10)16(18)19/h3-9H,2H2,1H3/b6-4+,12-8+. The molecule has 0 N–H and O–H groups in total. The number of amides is 1. The van der Waals surface area contributed by atoms with Crippen LogP contribution in [-0.2, 0) is 4.79 Å². The van der Waals surface area contributed by atoms with Crippen LogP contribution in [0.4, 0.5) is 5.69 Å². The van der Waals surface area contributed by atoms with Crippen molar-refractivity contribution in [2.45, 2.75) is 6.92 Å². The van der Waals surface area contributed by atoms with Crippen molar-refractivity contribution in [1.29, 1.82) is 0 Å². The van der Waals surface area contributed by atoms with Crippen LogP contribution in [-0.4, -0.2) is 26.6 Å². The van der Waals surface area contributed by atoms with Crippen LogP contribution in [0.1, 0.15) is 12.5 Å². The van der Waals surface area contributed by atoms with Crippen LogP contribution in [0.5, 0.6) is 0 Å². The third-order valence-electron chi connectivity index (χ3n) is 2.81. The first-order valence-electron chi connectivity index (χ1n) is 6.19. The summed E-state index contributed by atoms with van der Waals surface area (Å²) in [6.07, 6.45) is 5.08. The number of non-ortho nitro benzene ring substituents is 1. The van der Waals surface area contributed by atoms with Crippen molar-refractivity contribution in [2.75, 3.05) is 6.54 Å². The van der Waals surface area contributed by atoms with E-state index >= 15 is 0 Å². The van der Waals surface area contributed by atoms with Gasteiger partial charge in [0.2, 0.25) is 0 Å². The summed E-state index contributed by atoms with van der Waals surface area (Å²) in [6.45, 7) is 2.42. The topological polar surface area (TPSA) is 63.5 Å². The van der Waals surface area contributed by atoms with Gasteiger partial charge in [0.15, 0.2) is 0 Å². The second-order valence-corrected chi connectivity index (χ2v) is 5.84. The van der Waals surface area contributed by atoms with Crippen molar-refractivity contribution >= 4 is 46.0 Å². The Labute approximate surface area is 131 Å². The Balaban J connectivity index is 2.14. The van der Waals surface area contributed by atoms with Crippen molar-refractivity contribution < 1.29 is 9.72 Å². The van der Waals surface area contributed by atoms with Gasteiger partial charge in [-0.15, -0.1) is 0 Å². The Kier molecular flexibility index (Phi) is 4.87. The molecule has 1 heterocycles. The van der Waals surface area contributed by atoms with Crippen LogP contribution in [0.25, 0.3) is 6.08 Å². The molecule has 2 rings (SSSR count). The molecule has 1 saturated heterocycles. The molecule has 1 amide bonds. The lowest BCUT2D eigenvalue weighted by molar-refractivity contribution is -0.384. The van der Waals surface area contributed by atoms with Gasteiger partial charge in [0.05, 0.1) is 9.83 Å². The smallest absolute Gasteiger partial charge is 0.270 e. The number of thioether (sulfide) groups is 1. The normalized spacial score (nSPS) is 17.2. The molecule has 5 nitrogen and oxygen atoms in total. The fourth-order valence-corrected chi connectivity index (χ4v) is 3.11. The number of nitro benzene ring substituents is 1. The van der Waals surface area contributed by atoms with Gasteiger partial charge in [0.25, 0.3) is 11.6 Å². The molecule has 0 spiro atoms. The van der Waals surface area contributed by atoms with Crippen LogP contribution in [0.15, 0.2) is 41.3 Å². The molecule has 0 radical (unpaired) electrons. The Morgan fingerprint density at radius 1 is 1.48 bits per heavy atom. The molecule has 0 unspecified atom stereocenters. The van der Waals surface area contributed by atoms with Gasteiger partial charge in [0.1, 0.15) is 4.32 Å². The van der Waals surface area contributed by atoms with E-state index in [4.69, 9.17) is 12.2 Å². The number of nitro groups is 1. The van der Waals surface area contributed by atoms with E-state index in [1.54, 1.807) is 30.4 Å². The highest BCUT2D eigenvalue weighted by atomic mass is 32.2. The van der Waals surface area contributed by atoms with Crippen molar-refractivity contribution in [2.24, 2.45) is 0 Å². The zero-order valence-electron chi connectivity index (χ0n) is 11.2. The third-order valence-corrected chi connectivity index (χ3v) is 4.20. The zero-order chi connectivity index (χ0) is 15.4. The van der Waals surface area contributed by atoms with E-state index in [-0.39, 0.29) is 11.6 Å². The van der Waals surface area contributed by atoms with Crippen LogP contribution >= 0.6 is 24.0 Å². The summed E-state index contributed by atoms with van der Waals surface area (Å²) in [5, 5.41) is 10.7. The van der Waals surface area contributed by atoms with Gasteiger partial charge in [-0.05, 0) is 18.6 Å². The monoisotopic (exact) mass is 320 g/mol. The maximum atomic E-state index is 12.0. The number of likely N-dealkylation sites (N-methyl/N-ethyl adjacent to an activating group) is 1. The van der Waals surface area contributed by atoms with Crippen LogP contribution in [0.3, 0.4) is 0 Å². The molecule has 0 aliphatic carbocycles. The van der Waals surface area contributed by atoms with Gasteiger partial charge in [-0.3, -0.25) is 19.8 Å². The molecule has 0 aromatic heterocycles. The summed E-state index contributed by atoms with van der Waals surface area (Å²) in [6, 6.07) is 6.29. The average molecular weight is 320 g/mol. The van der Waals surface area contributed by atoms with Crippen molar-refractivity contribution in [3.8, 4) is 0 Å². The van der Waals surface area contributed by atoms with Crippen LogP contribution < -0.4 is 0 Å². The first kappa shape index (κ1) is 15.4. The highest BCUT2D eigenvalue weighted by Gasteiger charge is 2.29. The van der Waals surface area contributed by atoms with Gasteiger partial charge in [-0.2, -0.15) is 0 Å². The lowest BCUT2D eigenvalue weighted by Gasteiger charge is -2.09. The lowest BCUT2D eigenvalue weighted by atomic mass is 10.2. The highest BCUT2D eigenvalue weighted by molar-refractivity contribution is 8.26. The summed E-state index contributed by atoms with van der Waals surface area (Å²) in [7, 11) is 0. The number of carbonyl (C=O) groups is 1. The minimum absolute atomic E-state index is 0.0365. The van der Waals surface area contributed by atoms with E-state index in [2.05, 4.69) is 0 Å². The van der Waals surface area contributed by atoms with Gasteiger partial charge >= 0.3 is 0 Å². The predicted octanol–water partition coefficient (Wildman–Crippen LogP) is 3.37. The molecule has 7 heteroatoms. The molecular weight excluding hydrogens is 308 g/mol. The number of hydrogen-bond acceptors (Lipinski definition) is 5. The number of nitrogens with zero attached hydrogens (tertiary/aromatic N) is 2. The molecule has 1 aromatic rings. The van der Waals surface area contributed by atoms with E-state index in [0.29, 0.717) is 21.3 Å². The quantitative estimate of drug-likeness (QED) is 0.368. The molecule has 0 saturated carbocycles. The summed E-state index contributed by atoms with van der Waals surface area (Å²) < 4.78 is 0.553. The highest BCUT2D eigenvalue weighted by Crippen LogP contribution is 2.30. The van der Waals surface area contributed by atoms with E-state index in [9.17, 15) is 14.9 Å². The molecule has 1 aliphatic rings. The molecular formula is C14H12N2O3S2. The fraction of sp³-hybridized carbons (Fsp3) is 0.143. The lowest BCUT2D eigenvalue weighted by Crippen LogP contribution is -2.27. The number of thiocarbonyl (C=S) groups is 1. The van der Waals surface area contributed by atoms with E-state index in [0.717, 1.165) is 0 Å². The molecule has 1 aliphatic heterocycles. The number of benzene rings is 1. The number of carbonyl (C=O) groups excluding carboxylic acids is 1. The average Bonchev–Trinajstić information content (AvgIpc) is 2.73. The Morgan fingerprint density at radius 3 is 2.86 bits per heavy atom. The fourth-order valence-electron chi connectivity index (χ4n) is 1.78. The van der Waals surface area contributed by atoms with Gasteiger partial charge in [-0.25, -0.2) is 0 Å². The second kappa shape index (κ2) is 6.64. The van der Waals surface area contributed by atoms with Gasteiger partial charge in [-0.1, -0.05) is 48.3 Å². The maximum absolute atomic E-state index is 12.0. The summed E-state index contributed by atoms with van der Waals surface area (Å²) in [5.41, 5.74) is 0.737. The van der Waals surface area contributed by atoms with Crippen LogP contribution in [0.2, 0.25) is 0 Å². The van der Waals surface area contributed by atoms with Crippen LogP contribution in [0, 0.1) is 10.1 Å². The first-order valence-corrected chi connectivity index (χ1v) is 7.42. The summed E-state index contributed by atoms with van der Waals surface area (Å²) >= 11 is 6.37. The summed E-state index contributed by atoms with van der Waals surface area (Å²) in [4.78, 5) is 24.3. The van der Waals surface area contributed by atoms with Gasteiger partial charge in [0, 0.05) is 18.7 Å². The maximum Gasteiger partial charge on any atom is 0.270 e. The van der Waals surface area contributed by atoms with Crippen molar-refractivity contribution in [3.63, 3.8) is 0 Å². The first-order chi connectivity index (χ1) is 10.0. The largest absolute Gasteiger partial charge is 0.293 e. The Hall–Kier alpha value is -1.99. The minimum atomic E-state index is -0.441. The van der Waals surface area contributed by atoms with Crippen molar-refractivity contribution in [3.05, 3.63) is 57.0 Å². The molecule has 0 bridgehead atoms. The zero-order valence-corrected chi connectivity index (χ0v) is 12.8. The molecule has 1 fully saturated rings. The summed E-state index contributed by atoms with van der Waals surface area (Å²) in [5.74, 6) is -0.101. The Bertz CT molecular complexity index is 668. The predicted molar refractivity (Wildman–Crippen MR) is 87.8 cm³/mol. The van der Waals surface area contributed by atoms with Crippen molar-refractivity contribution in [1.82, 2.24) is 4.90 Å². The Morgan fingerprint density at radius 2 is 2.24 bits per heavy atom. The molecule has 21 heavy (non-hydrogen) atoms. The SMILES string of the molecule is CCN1C(=O)/C(=C\C=C\c2cccc([N+](=O)[O-])c2)SC1=S. The number of rotatable bonds is 4. The van der Waals surface area contributed by atoms with E-state index < -0.39 is 4.92 Å². The third kappa shape index (κ3) is 3.56. The number of allylic oxidation sites excluding steroid dienone is 2. The molecule has 0 atom stereocenters.